The van der Waals surface area contributed by atoms with Crippen LogP contribution < -0.4 is 0 Å². The summed E-state index contributed by atoms with van der Waals surface area (Å²) in [5.74, 6) is -1.11. The Kier molecular flexibility index (Phi) is 7.34. The molecule has 7 heteroatoms. The zero-order valence-corrected chi connectivity index (χ0v) is 23.0. The highest BCUT2D eigenvalue weighted by Gasteiger charge is 2.70. The van der Waals surface area contributed by atoms with E-state index in [9.17, 15) is 24.3 Å². The van der Waals surface area contributed by atoms with E-state index in [0.717, 1.165) is 12.0 Å². The molecule has 37 heavy (non-hydrogen) atoms. The molecule has 0 heterocycles. The lowest BCUT2D eigenvalue weighted by atomic mass is 9.44. The zero-order chi connectivity index (χ0) is 27.3. The monoisotopic (exact) mass is 514 g/mol. The summed E-state index contributed by atoms with van der Waals surface area (Å²) in [6.07, 6.45) is 6.99. The number of aliphatic hydroxyl groups excluding tert-OH is 1. The van der Waals surface area contributed by atoms with Gasteiger partial charge in [-0.1, -0.05) is 53.2 Å². The second-order valence-electron chi connectivity index (χ2n) is 12.6. The third-order valence-corrected chi connectivity index (χ3v) is 9.90. The fraction of sp³-hybridized carbons (Fsp3) is 0.733. The molecule has 0 radical (unpaired) electrons. The van der Waals surface area contributed by atoms with Crippen LogP contribution >= 0.6 is 0 Å². The number of aliphatic hydroxyl groups is 1. The zero-order valence-electron chi connectivity index (χ0n) is 23.0. The first-order chi connectivity index (χ1) is 17.3. The molecule has 204 valence electrons. The molecule has 0 aromatic carbocycles. The fourth-order valence-electron chi connectivity index (χ4n) is 8.35. The van der Waals surface area contributed by atoms with E-state index < -0.39 is 46.9 Å². The number of ether oxygens (including phenoxy) is 2. The summed E-state index contributed by atoms with van der Waals surface area (Å²) in [4.78, 5) is 50.9. The summed E-state index contributed by atoms with van der Waals surface area (Å²) in [6, 6.07) is 0. The smallest absolute Gasteiger partial charge is 0.307 e. The molecule has 8 atom stereocenters. The van der Waals surface area contributed by atoms with Gasteiger partial charge in [0.2, 0.25) is 5.78 Å². The van der Waals surface area contributed by atoms with Crippen molar-refractivity contribution >= 4 is 23.5 Å². The topological polar surface area (TPSA) is 107 Å². The van der Waals surface area contributed by atoms with E-state index in [-0.39, 0.29) is 48.2 Å². The van der Waals surface area contributed by atoms with Crippen molar-refractivity contribution in [2.24, 2.45) is 40.4 Å². The Balaban J connectivity index is 1.73. The quantitative estimate of drug-likeness (QED) is 0.503. The maximum atomic E-state index is 13.8. The van der Waals surface area contributed by atoms with Crippen molar-refractivity contribution < 1.29 is 33.8 Å². The van der Waals surface area contributed by atoms with Crippen LogP contribution in [-0.4, -0.2) is 46.9 Å². The van der Waals surface area contributed by atoms with Crippen LogP contribution in [0.15, 0.2) is 23.8 Å². The Morgan fingerprint density at radius 3 is 2.54 bits per heavy atom. The van der Waals surface area contributed by atoms with Gasteiger partial charge in [-0.3, -0.25) is 19.2 Å². The molecule has 0 bridgehead atoms. The van der Waals surface area contributed by atoms with E-state index in [0.29, 0.717) is 19.3 Å². The molecule has 3 fully saturated rings. The Bertz CT molecular complexity index is 1040. The van der Waals surface area contributed by atoms with Crippen LogP contribution in [0.5, 0.6) is 0 Å². The van der Waals surface area contributed by atoms with Crippen LogP contribution in [0.25, 0.3) is 0 Å². The highest BCUT2D eigenvalue weighted by atomic mass is 16.6. The minimum atomic E-state index is -1.46. The van der Waals surface area contributed by atoms with Gasteiger partial charge in [0.05, 0.1) is 6.10 Å². The normalized spacial score (nSPS) is 40.4. The number of allylic oxidation sites excluding steroid dienone is 4. The second kappa shape index (κ2) is 9.79. The number of esters is 2. The van der Waals surface area contributed by atoms with Gasteiger partial charge in [-0.15, -0.1) is 0 Å². The maximum absolute atomic E-state index is 13.8. The third kappa shape index (κ3) is 4.41. The van der Waals surface area contributed by atoms with Crippen LogP contribution in [0.4, 0.5) is 0 Å². The molecule has 4 rings (SSSR count). The highest BCUT2D eigenvalue weighted by Crippen LogP contribution is 2.68. The van der Waals surface area contributed by atoms with Crippen LogP contribution in [0, 0.1) is 40.4 Å². The Morgan fingerprint density at radius 2 is 1.89 bits per heavy atom. The van der Waals surface area contributed by atoms with Crippen molar-refractivity contribution in [1.82, 2.24) is 0 Å². The Hall–Kier alpha value is -2.28. The van der Waals surface area contributed by atoms with Gasteiger partial charge in [0.15, 0.2) is 18.0 Å². The average molecular weight is 515 g/mol. The lowest BCUT2D eigenvalue weighted by Gasteiger charge is -2.61. The molecule has 4 aliphatic rings. The van der Waals surface area contributed by atoms with Gasteiger partial charge in [0, 0.05) is 29.6 Å². The van der Waals surface area contributed by atoms with Crippen LogP contribution in [-0.2, 0) is 28.7 Å². The van der Waals surface area contributed by atoms with Crippen molar-refractivity contribution in [2.45, 2.75) is 91.8 Å². The Morgan fingerprint density at radius 1 is 1.19 bits per heavy atom. The summed E-state index contributed by atoms with van der Waals surface area (Å²) in [6.45, 7) is 11.3. The molecule has 0 aliphatic heterocycles. The largest absolute Gasteiger partial charge is 0.457 e. The molecule has 7 nitrogen and oxygen atoms in total. The Labute approximate surface area is 220 Å². The molecular formula is C30H42O7. The van der Waals surface area contributed by atoms with E-state index in [2.05, 4.69) is 13.8 Å². The third-order valence-electron chi connectivity index (χ3n) is 9.90. The summed E-state index contributed by atoms with van der Waals surface area (Å²) < 4.78 is 11.4. The van der Waals surface area contributed by atoms with Crippen LogP contribution in [0.3, 0.4) is 0 Å². The van der Waals surface area contributed by atoms with E-state index in [1.165, 1.54) is 0 Å². The number of carbonyl (C=O) groups excluding carboxylic acids is 4. The van der Waals surface area contributed by atoms with Gasteiger partial charge in [0.25, 0.3) is 0 Å². The van der Waals surface area contributed by atoms with E-state index in [4.69, 9.17) is 9.47 Å². The molecule has 0 amide bonds. The van der Waals surface area contributed by atoms with Crippen molar-refractivity contribution in [1.29, 1.82) is 0 Å². The lowest BCUT2D eigenvalue weighted by Crippen LogP contribution is -2.63. The van der Waals surface area contributed by atoms with Crippen molar-refractivity contribution in [2.75, 3.05) is 6.61 Å². The standard InChI is InChI=1S/C30H42O7/c1-7-25(34)36-16-24(33)30(37-26(35)12-17(2)3)11-9-21-20-13-18(4)22-14-19(31)8-10-28(22,5)27(20)23(32)15-29(21,30)6/h8,10,14,17-18,20-21,23,27,32H,7,9,11-13,15-16H2,1-6H3/t18-,20-,21-,23-,27+,28-,29-,30-/m0/s1. The molecule has 0 aromatic rings. The summed E-state index contributed by atoms with van der Waals surface area (Å²) in [5.41, 5.74) is -1.64. The number of Topliss-reactive ketones (excluding diaryl/α,β-unsaturated/α-hetero) is 1. The minimum Gasteiger partial charge on any atom is -0.457 e. The fourth-order valence-corrected chi connectivity index (χ4v) is 8.35. The molecule has 0 spiro atoms. The number of ketones is 2. The SMILES string of the molecule is CCC(=O)OCC(=O)[C@@]1(OC(=O)CC(C)C)CC[C@H]2[C@@H]3C[C@H](C)C4=CC(=O)C=C[C@]4(C)[C@H]3[C@@H](O)C[C@@]21C. The van der Waals surface area contributed by atoms with Gasteiger partial charge >= 0.3 is 11.9 Å². The molecule has 4 aliphatic carbocycles. The van der Waals surface area contributed by atoms with Gasteiger partial charge in [0.1, 0.15) is 0 Å². The summed E-state index contributed by atoms with van der Waals surface area (Å²) in [7, 11) is 0. The molecule has 0 saturated heterocycles. The number of fused-ring (bicyclic) bond motifs is 5. The molecule has 0 aromatic heterocycles. The van der Waals surface area contributed by atoms with E-state index in [1.54, 1.807) is 19.1 Å². The highest BCUT2D eigenvalue weighted by molar-refractivity contribution is 6.01. The number of hydrogen-bond donors (Lipinski definition) is 1. The lowest BCUT2D eigenvalue weighted by molar-refractivity contribution is -0.202. The van der Waals surface area contributed by atoms with Gasteiger partial charge < -0.3 is 14.6 Å². The first-order valence-electron chi connectivity index (χ1n) is 13.8. The maximum Gasteiger partial charge on any atom is 0.307 e. The van der Waals surface area contributed by atoms with Gasteiger partial charge in [-0.2, -0.15) is 0 Å². The van der Waals surface area contributed by atoms with Crippen LogP contribution in [0.2, 0.25) is 0 Å². The molecule has 1 N–H and O–H groups in total. The minimum absolute atomic E-state index is 0.0166. The summed E-state index contributed by atoms with van der Waals surface area (Å²) in [5, 5.41) is 11.7. The molecular weight excluding hydrogens is 472 g/mol. The predicted octanol–water partition coefficient (Wildman–Crippen LogP) is 4.36. The summed E-state index contributed by atoms with van der Waals surface area (Å²) >= 11 is 0. The number of hydrogen-bond acceptors (Lipinski definition) is 7. The number of rotatable bonds is 7. The average Bonchev–Trinajstić information content (AvgIpc) is 3.10. The van der Waals surface area contributed by atoms with E-state index in [1.807, 2.05) is 26.8 Å². The van der Waals surface area contributed by atoms with Crippen molar-refractivity contribution in [3.05, 3.63) is 23.8 Å². The first-order valence-corrected chi connectivity index (χ1v) is 13.8. The first kappa shape index (κ1) is 27.7. The van der Waals surface area contributed by atoms with Crippen molar-refractivity contribution in [3.8, 4) is 0 Å². The molecule has 3 saturated carbocycles. The van der Waals surface area contributed by atoms with Crippen LogP contribution in [0.1, 0.15) is 80.1 Å². The van der Waals surface area contributed by atoms with Crippen molar-refractivity contribution in [3.63, 3.8) is 0 Å². The van der Waals surface area contributed by atoms with Gasteiger partial charge in [-0.25, -0.2) is 0 Å². The second-order valence-corrected chi connectivity index (χ2v) is 12.6. The van der Waals surface area contributed by atoms with Gasteiger partial charge in [-0.05, 0) is 61.5 Å². The molecule has 0 unspecified atom stereocenters. The van der Waals surface area contributed by atoms with E-state index >= 15 is 0 Å². The predicted molar refractivity (Wildman–Crippen MR) is 137 cm³/mol. The number of carbonyl (C=O) groups is 4.